The molecule has 0 radical (unpaired) electrons. The van der Waals surface area contributed by atoms with Crippen LogP contribution in [0, 0.1) is 6.92 Å². The Kier molecular flexibility index (Phi) is 6.52. The molecule has 0 saturated carbocycles. The van der Waals surface area contributed by atoms with E-state index in [-0.39, 0.29) is 18.2 Å². The topological polar surface area (TPSA) is 65.1 Å². The van der Waals surface area contributed by atoms with Crippen LogP contribution in [0.3, 0.4) is 0 Å². The molecule has 0 spiro atoms. The van der Waals surface area contributed by atoms with E-state index in [1.54, 1.807) is 6.08 Å². The fraction of sp³-hybridized carbons (Fsp3) is 0.333. The van der Waals surface area contributed by atoms with E-state index in [4.69, 9.17) is 4.74 Å². The summed E-state index contributed by atoms with van der Waals surface area (Å²) in [5.74, 6) is 0.734. The van der Waals surface area contributed by atoms with Gasteiger partial charge in [0.2, 0.25) is 5.91 Å². The van der Waals surface area contributed by atoms with Gasteiger partial charge in [0, 0.05) is 39.1 Å². The summed E-state index contributed by atoms with van der Waals surface area (Å²) in [4.78, 5) is 29.4. The number of rotatable bonds is 6. The summed E-state index contributed by atoms with van der Waals surface area (Å²) >= 11 is 0. The SMILES string of the molecule is Cc1ccc(OCCN2CCN(C(=O)C3=CCC(=O)N(c4ccccc4)N3)CC2)cc1. The Morgan fingerprint density at radius 2 is 1.71 bits per heavy atom. The fourth-order valence-electron chi connectivity index (χ4n) is 3.70. The van der Waals surface area contributed by atoms with Crippen molar-refractivity contribution in [2.45, 2.75) is 13.3 Å². The number of carbonyl (C=O) groups is 2. The number of carbonyl (C=O) groups excluding carboxylic acids is 2. The van der Waals surface area contributed by atoms with Crippen molar-refractivity contribution in [3.63, 3.8) is 0 Å². The maximum Gasteiger partial charge on any atom is 0.271 e. The Balaban J connectivity index is 1.25. The molecule has 2 aliphatic heterocycles. The van der Waals surface area contributed by atoms with Crippen LogP contribution in [0.5, 0.6) is 5.75 Å². The van der Waals surface area contributed by atoms with Crippen LogP contribution < -0.4 is 15.2 Å². The molecule has 1 saturated heterocycles. The van der Waals surface area contributed by atoms with Gasteiger partial charge in [-0.1, -0.05) is 35.9 Å². The Morgan fingerprint density at radius 1 is 1.00 bits per heavy atom. The molecule has 2 heterocycles. The molecule has 7 heteroatoms. The molecular weight excluding hydrogens is 392 g/mol. The lowest BCUT2D eigenvalue weighted by molar-refractivity contribution is -0.129. The number of piperazine rings is 1. The summed E-state index contributed by atoms with van der Waals surface area (Å²) in [5.41, 5.74) is 5.40. The molecule has 0 aromatic heterocycles. The van der Waals surface area contributed by atoms with E-state index >= 15 is 0 Å². The Bertz CT molecular complexity index is 935. The van der Waals surface area contributed by atoms with E-state index in [1.165, 1.54) is 10.6 Å². The minimum Gasteiger partial charge on any atom is -0.492 e. The highest BCUT2D eigenvalue weighted by molar-refractivity contribution is 6.01. The van der Waals surface area contributed by atoms with Gasteiger partial charge in [0.05, 0.1) is 5.69 Å². The van der Waals surface area contributed by atoms with Crippen LogP contribution in [0.15, 0.2) is 66.4 Å². The van der Waals surface area contributed by atoms with Crippen LogP contribution in [0.4, 0.5) is 5.69 Å². The lowest BCUT2D eigenvalue weighted by Gasteiger charge is -2.36. The Labute approximate surface area is 182 Å². The number of hydrazine groups is 1. The predicted octanol–water partition coefficient (Wildman–Crippen LogP) is 2.34. The first-order valence-electron chi connectivity index (χ1n) is 10.7. The zero-order valence-electron chi connectivity index (χ0n) is 17.8. The molecule has 162 valence electrons. The standard InChI is InChI=1S/C24H28N4O3/c1-19-7-9-21(10-8-19)31-18-17-26-13-15-27(16-14-26)24(30)22-11-12-23(29)28(25-22)20-5-3-2-4-6-20/h2-11,25H,12-18H2,1H3. The molecule has 0 unspecified atom stereocenters. The highest BCUT2D eigenvalue weighted by Gasteiger charge is 2.28. The van der Waals surface area contributed by atoms with Crippen LogP contribution in [0.25, 0.3) is 0 Å². The van der Waals surface area contributed by atoms with Gasteiger partial charge in [-0.25, -0.2) is 5.01 Å². The molecule has 2 aromatic rings. The normalized spacial score (nSPS) is 17.2. The van der Waals surface area contributed by atoms with E-state index in [0.717, 1.165) is 31.1 Å². The third-order valence-electron chi connectivity index (χ3n) is 5.56. The minimum absolute atomic E-state index is 0.0658. The molecule has 7 nitrogen and oxygen atoms in total. The molecule has 2 aromatic carbocycles. The van der Waals surface area contributed by atoms with E-state index in [0.29, 0.717) is 25.4 Å². The second-order valence-electron chi connectivity index (χ2n) is 7.79. The molecule has 4 rings (SSSR count). The summed E-state index contributed by atoms with van der Waals surface area (Å²) in [5, 5.41) is 1.45. The maximum absolute atomic E-state index is 13.0. The van der Waals surface area contributed by atoms with Crippen molar-refractivity contribution in [1.82, 2.24) is 15.2 Å². The summed E-state index contributed by atoms with van der Waals surface area (Å²) < 4.78 is 5.82. The third-order valence-corrected chi connectivity index (χ3v) is 5.56. The summed E-state index contributed by atoms with van der Waals surface area (Å²) in [7, 11) is 0. The number of benzene rings is 2. The largest absolute Gasteiger partial charge is 0.492 e. The number of amides is 2. The van der Waals surface area contributed by atoms with Gasteiger partial charge in [-0.2, -0.15) is 0 Å². The first-order chi connectivity index (χ1) is 15.1. The van der Waals surface area contributed by atoms with Crippen molar-refractivity contribution >= 4 is 17.5 Å². The molecule has 0 aliphatic carbocycles. The van der Waals surface area contributed by atoms with Crippen molar-refractivity contribution in [2.24, 2.45) is 0 Å². The molecule has 2 amide bonds. The van der Waals surface area contributed by atoms with Gasteiger partial charge in [-0.3, -0.25) is 19.9 Å². The van der Waals surface area contributed by atoms with Crippen molar-refractivity contribution in [3.05, 3.63) is 71.9 Å². The Hall–Kier alpha value is -3.32. The molecule has 0 atom stereocenters. The molecule has 31 heavy (non-hydrogen) atoms. The zero-order valence-corrected chi connectivity index (χ0v) is 17.8. The van der Waals surface area contributed by atoms with Gasteiger partial charge in [-0.05, 0) is 37.3 Å². The highest BCUT2D eigenvalue weighted by atomic mass is 16.5. The molecule has 0 bridgehead atoms. The number of nitrogens with zero attached hydrogens (tertiary/aromatic N) is 3. The number of hydrogen-bond acceptors (Lipinski definition) is 5. The van der Waals surface area contributed by atoms with Gasteiger partial charge >= 0.3 is 0 Å². The van der Waals surface area contributed by atoms with Gasteiger partial charge in [0.1, 0.15) is 18.1 Å². The second-order valence-corrected chi connectivity index (χ2v) is 7.79. The van der Waals surface area contributed by atoms with Crippen LogP contribution in [0.1, 0.15) is 12.0 Å². The third kappa shape index (κ3) is 5.24. The Morgan fingerprint density at radius 3 is 2.42 bits per heavy atom. The number of para-hydroxylation sites is 1. The monoisotopic (exact) mass is 420 g/mol. The highest BCUT2D eigenvalue weighted by Crippen LogP contribution is 2.18. The average molecular weight is 421 g/mol. The first-order valence-corrected chi connectivity index (χ1v) is 10.7. The molecule has 2 aliphatic rings. The lowest BCUT2D eigenvalue weighted by atomic mass is 10.2. The van der Waals surface area contributed by atoms with E-state index < -0.39 is 0 Å². The van der Waals surface area contributed by atoms with Crippen LogP contribution in [-0.4, -0.2) is 60.9 Å². The average Bonchev–Trinajstić information content (AvgIpc) is 2.81. The summed E-state index contributed by atoms with van der Waals surface area (Å²) in [6.07, 6.45) is 1.89. The van der Waals surface area contributed by atoms with Crippen molar-refractivity contribution < 1.29 is 14.3 Å². The predicted molar refractivity (Wildman–Crippen MR) is 119 cm³/mol. The number of hydrogen-bond donors (Lipinski definition) is 1. The van der Waals surface area contributed by atoms with E-state index in [2.05, 4.69) is 17.2 Å². The number of aryl methyl sites for hydroxylation is 1. The van der Waals surface area contributed by atoms with Crippen LogP contribution in [-0.2, 0) is 9.59 Å². The van der Waals surface area contributed by atoms with E-state index in [9.17, 15) is 9.59 Å². The van der Waals surface area contributed by atoms with Gasteiger partial charge in [0.25, 0.3) is 5.91 Å². The summed E-state index contributed by atoms with van der Waals surface area (Å²) in [6.45, 7) is 6.42. The lowest BCUT2D eigenvalue weighted by Crippen LogP contribution is -2.54. The van der Waals surface area contributed by atoms with Crippen molar-refractivity contribution in [1.29, 1.82) is 0 Å². The zero-order chi connectivity index (χ0) is 21.6. The molecule has 1 N–H and O–H groups in total. The van der Waals surface area contributed by atoms with Crippen molar-refractivity contribution in [3.8, 4) is 5.75 Å². The first kappa shape index (κ1) is 20.9. The van der Waals surface area contributed by atoms with Crippen molar-refractivity contribution in [2.75, 3.05) is 44.3 Å². The number of anilines is 1. The number of nitrogens with one attached hydrogen (secondary N) is 1. The van der Waals surface area contributed by atoms with Gasteiger partial charge < -0.3 is 9.64 Å². The number of ether oxygens (including phenoxy) is 1. The molecular formula is C24H28N4O3. The summed E-state index contributed by atoms with van der Waals surface area (Å²) in [6, 6.07) is 17.4. The quantitative estimate of drug-likeness (QED) is 0.777. The van der Waals surface area contributed by atoms with Gasteiger partial charge in [-0.15, -0.1) is 0 Å². The maximum atomic E-state index is 13.0. The minimum atomic E-state index is -0.0823. The fourth-order valence-corrected chi connectivity index (χ4v) is 3.70. The second kappa shape index (κ2) is 9.66. The smallest absolute Gasteiger partial charge is 0.271 e. The van der Waals surface area contributed by atoms with Gasteiger partial charge in [0.15, 0.2) is 0 Å². The van der Waals surface area contributed by atoms with Crippen LogP contribution >= 0.6 is 0 Å². The van der Waals surface area contributed by atoms with E-state index in [1.807, 2.05) is 59.5 Å². The molecule has 1 fully saturated rings. The van der Waals surface area contributed by atoms with Crippen LogP contribution in [0.2, 0.25) is 0 Å².